The Morgan fingerprint density at radius 2 is 2.00 bits per heavy atom. The highest BCUT2D eigenvalue weighted by Gasteiger charge is 2.17. The van der Waals surface area contributed by atoms with Gasteiger partial charge in [0.2, 0.25) is 0 Å². The lowest BCUT2D eigenvalue weighted by atomic mass is 10.1. The predicted molar refractivity (Wildman–Crippen MR) is 72.7 cm³/mol. The Bertz CT molecular complexity index is 627. The molecule has 0 aliphatic carbocycles. The van der Waals surface area contributed by atoms with Crippen molar-refractivity contribution in [3.05, 3.63) is 47.5 Å². The molecular weight excluding hydrogens is 264 g/mol. The first-order valence-corrected chi connectivity index (χ1v) is 5.91. The maximum absolute atomic E-state index is 14.0. The zero-order valence-corrected chi connectivity index (χ0v) is 11.2. The second kappa shape index (κ2) is 5.28. The van der Waals surface area contributed by atoms with Gasteiger partial charge in [-0.25, -0.2) is 13.8 Å². The lowest BCUT2D eigenvalue weighted by Crippen LogP contribution is -2.22. The van der Waals surface area contributed by atoms with Gasteiger partial charge in [-0.1, -0.05) is 0 Å². The van der Waals surface area contributed by atoms with Gasteiger partial charge >= 0.3 is 0 Å². The van der Waals surface area contributed by atoms with Gasteiger partial charge < -0.3 is 15.2 Å². The topological polar surface area (TPSA) is 70.9 Å². The van der Waals surface area contributed by atoms with E-state index in [9.17, 15) is 8.78 Å². The maximum Gasteiger partial charge on any atom is 0.150 e. The summed E-state index contributed by atoms with van der Waals surface area (Å²) >= 11 is 0. The van der Waals surface area contributed by atoms with Gasteiger partial charge in [0.25, 0.3) is 0 Å². The summed E-state index contributed by atoms with van der Waals surface area (Å²) in [5.74, 6) is -1.21. The molecular formula is C13H15F2N5. The summed E-state index contributed by atoms with van der Waals surface area (Å²) in [6.45, 7) is 0.261. The number of benzene rings is 1. The molecule has 1 aromatic carbocycles. The van der Waals surface area contributed by atoms with E-state index < -0.39 is 11.6 Å². The summed E-state index contributed by atoms with van der Waals surface area (Å²) in [5.41, 5.74) is 5.08. The van der Waals surface area contributed by atoms with E-state index in [1.807, 2.05) is 7.05 Å². The molecule has 0 aliphatic heterocycles. The molecule has 0 aliphatic rings. The van der Waals surface area contributed by atoms with E-state index in [1.165, 1.54) is 4.90 Å². The monoisotopic (exact) mass is 279 g/mol. The van der Waals surface area contributed by atoms with Crippen LogP contribution in [0.3, 0.4) is 0 Å². The average Bonchev–Trinajstić information content (AvgIpc) is 2.74. The molecule has 0 atom stereocenters. The Kier molecular flexibility index (Phi) is 3.69. The maximum atomic E-state index is 14.0. The number of nitrogen functional groups attached to an aromatic ring is 1. The number of amidine groups is 1. The first-order valence-electron chi connectivity index (χ1n) is 5.91. The first kappa shape index (κ1) is 14.0. The van der Waals surface area contributed by atoms with Crippen molar-refractivity contribution in [2.24, 2.45) is 12.8 Å². The van der Waals surface area contributed by atoms with Crippen molar-refractivity contribution in [3.63, 3.8) is 0 Å². The number of nitrogens with one attached hydrogen (secondary N) is 1. The van der Waals surface area contributed by atoms with E-state index in [4.69, 9.17) is 11.1 Å². The summed E-state index contributed by atoms with van der Waals surface area (Å²) in [4.78, 5) is 5.54. The van der Waals surface area contributed by atoms with Crippen LogP contribution in [0.2, 0.25) is 0 Å². The van der Waals surface area contributed by atoms with Crippen LogP contribution in [0.1, 0.15) is 11.4 Å². The molecule has 2 aromatic rings. The van der Waals surface area contributed by atoms with Crippen molar-refractivity contribution in [3.8, 4) is 0 Å². The number of nitrogens with zero attached hydrogens (tertiary/aromatic N) is 3. The summed E-state index contributed by atoms with van der Waals surface area (Å²) in [5, 5.41) is 7.21. The molecule has 0 amide bonds. The summed E-state index contributed by atoms with van der Waals surface area (Å²) in [6, 6.07) is 2.10. The number of imidazole rings is 1. The normalized spacial score (nSPS) is 10.6. The van der Waals surface area contributed by atoms with Crippen LogP contribution < -0.4 is 10.6 Å². The van der Waals surface area contributed by atoms with Gasteiger partial charge in [0, 0.05) is 32.1 Å². The van der Waals surface area contributed by atoms with Crippen LogP contribution >= 0.6 is 0 Å². The standard InChI is InChI=1S/C13H15F2N5/c1-19-4-3-18-11(19)7-20(2)12-9(14)5-8(13(16)17)6-10(12)15/h3-6H,7H2,1-2H3,(H3,16,17). The van der Waals surface area contributed by atoms with E-state index >= 15 is 0 Å². The average molecular weight is 279 g/mol. The fraction of sp³-hybridized carbons (Fsp3) is 0.231. The zero-order chi connectivity index (χ0) is 14.9. The molecule has 2 rings (SSSR count). The number of halogens is 2. The number of hydrogen-bond acceptors (Lipinski definition) is 3. The third-order valence-corrected chi connectivity index (χ3v) is 3.01. The van der Waals surface area contributed by atoms with E-state index in [0.29, 0.717) is 5.82 Å². The van der Waals surface area contributed by atoms with Crippen molar-refractivity contribution in [1.29, 1.82) is 5.41 Å². The van der Waals surface area contributed by atoms with Crippen LogP contribution in [0.15, 0.2) is 24.5 Å². The smallest absolute Gasteiger partial charge is 0.150 e. The van der Waals surface area contributed by atoms with E-state index in [-0.39, 0.29) is 23.6 Å². The third-order valence-electron chi connectivity index (χ3n) is 3.01. The lowest BCUT2D eigenvalue weighted by molar-refractivity contribution is 0.573. The van der Waals surface area contributed by atoms with Gasteiger partial charge in [0.05, 0.1) is 6.54 Å². The Morgan fingerprint density at radius 3 is 2.45 bits per heavy atom. The quantitative estimate of drug-likeness (QED) is 0.660. The molecule has 0 saturated heterocycles. The van der Waals surface area contributed by atoms with E-state index in [0.717, 1.165) is 12.1 Å². The summed E-state index contributed by atoms with van der Waals surface area (Å²) in [7, 11) is 3.38. The van der Waals surface area contributed by atoms with Crippen molar-refractivity contribution in [2.75, 3.05) is 11.9 Å². The van der Waals surface area contributed by atoms with Gasteiger partial charge in [-0.2, -0.15) is 0 Å². The van der Waals surface area contributed by atoms with Gasteiger partial charge in [-0.3, -0.25) is 5.41 Å². The molecule has 0 saturated carbocycles. The highest BCUT2D eigenvalue weighted by molar-refractivity contribution is 5.95. The van der Waals surface area contributed by atoms with Gasteiger partial charge in [0.1, 0.15) is 29.0 Å². The van der Waals surface area contributed by atoms with Crippen LogP contribution in [-0.4, -0.2) is 22.4 Å². The van der Waals surface area contributed by atoms with Crippen molar-refractivity contribution in [2.45, 2.75) is 6.54 Å². The number of hydrogen-bond donors (Lipinski definition) is 2. The molecule has 1 aromatic heterocycles. The highest BCUT2D eigenvalue weighted by Crippen LogP contribution is 2.25. The third kappa shape index (κ3) is 2.61. The zero-order valence-electron chi connectivity index (χ0n) is 11.2. The Balaban J connectivity index is 2.33. The molecule has 5 nitrogen and oxygen atoms in total. The fourth-order valence-electron chi connectivity index (χ4n) is 1.93. The Morgan fingerprint density at radius 1 is 1.40 bits per heavy atom. The van der Waals surface area contributed by atoms with Crippen LogP contribution in [0, 0.1) is 17.0 Å². The lowest BCUT2D eigenvalue weighted by Gasteiger charge is -2.20. The number of aryl methyl sites for hydroxylation is 1. The number of rotatable bonds is 4. The molecule has 1 heterocycles. The molecule has 0 spiro atoms. The number of aromatic nitrogens is 2. The molecule has 20 heavy (non-hydrogen) atoms. The second-order valence-electron chi connectivity index (χ2n) is 4.51. The minimum absolute atomic E-state index is 0.0224. The SMILES string of the molecule is CN(Cc1nccn1C)c1c(F)cc(C(=N)N)cc1F. The van der Waals surface area contributed by atoms with Crippen molar-refractivity contribution < 1.29 is 8.78 Å². The van der Waals surface area contributed by atoms with E-state index in [2.05, 4.69) is 4.98 Å². The molecule has 0 fully saturated rings. The predicted octanol–water partition coefficient (Wildman–Crippen LogP) is 1.62. The molecule has 3 N–H and O–H groups in total. The molecule has 0 bridgehead atoms. The highest BCUT2D eigenvalue weighted by atomic mass is 19.1. The second-order valence-corrected chi connectivity index (χ2v) is 4.51. The minimum atomic E-state index is -0.757. The minimum Gasteiger partial charge on any atom is -0.384 e. The van der Waals surface area contributed by atoms with E-state index in [1.54, 1.807) is 24.0 Å². The van der Waals surface area contributed by atoms with Gasteiger partial charge in [0.15, 0.2) is 0 Å². The number of nitrogens with two attached hydrogens (primary N) is 1. The fourth-order valence-corrected chi connectivity index (χ4v) is 1.93. The van der Waals surface area contributed by atoms with Crippen LogP contribution in [0.4, 0.5) is 14.5 Å². The molecule has 7 heteroatoms. The Hall–Kier alpha value is -2.44. The molecule has 0 radical (unpaired) electrons. The van der Waals surface area contributed by atoms with Gasteiger partial charge in [-0.05, 0) is 12.1 Å². The van der Waals surface area contributed by atoms with Crippen molar-refractivity contribution >= 4 is 11.5 Å². The summed E-state index contributed by atoms with van der Waals surface area (Å²) < 4.78 is 29.8. The van der Waals surface area contributed by atoms with Crippen LogP contribution in [0.5, 0.6) is 0 Å². The molecule has 0 unspecified atom stereocenters. The van der Waals surface area contributed by atoms with Crippen LogP contribution in [0.25, 0.3) is 0 Å². The number of anilines is 1. The Labute approximate surface area is 115 Å². The van der Waals surface area contributed by atoms with Crippen molar-refractivity contribution in [1.82, 2.24) is 9.55 Å². The van der Waals surface area contributed by atoms with Gasteiger partial charge in [-0.15, -0.1) is 0 Å². The summed E-state index contributed by atoms with van der Waals surface area (Å²) in [6.07, 6.45) is 3.38. The first-order chi connectivity index (χ1) is 9.40. The van der Waals surface area contributed by atoms with Crippen LogP contribution in [-0.2, 0) is 13.6 Å². The molecule has 106 valence electrons. The largest absolute Gasteiger partial charge is 0.384 e.